The van der Waals surface area contributed by atoms with E-state index in [0.29, 0.717) is 12.8 Å². The first-order valence-electron chi connectivity index (χ1n) is 7.13. The van der Waals surface area contributed by atoms with E-state index in [1.165, 1.54) is 6.07 Å². The Bertz CT molecular complexity index is 443. The number of rotatable bonds is 8. The summed E-state index contributed by atoms with van der Waals surface area (Å²) >= 11 is 0. The third kappa shape index (κ3) is 6.44. The molecule has 0 spiro atoms. The van der Waals surface area contributed by atoms with Gasteiger partial charge in [-0.3, -0.25) is 0 Å². The van der Waals surface area contributed by atoms with E-state index in [-0.39, 0.29) is 37.1 Å². The second kappa shape index (κ2) is 9.18. The molecule has 0 bridgehead atoms. The Hall–Kier alpha value is -1.82. The van der Waals surface area contributed by atoms with E-state index < -0.39 is 5.82 Å². The van der Waals surface area contributed by atoms with Gasteiger partial charge in [-0.25, -0.2) is 9.18 Å². The van der Waals surface area contributed by atoms with E-state index in [9.17, 15) is 9.18 Å². The summed E-state index contributed by atoms with van der Waals surface area (Å²) in [4.78, 5) is 11.6. The number of carbonyl (C=O) groups is 1. The second-order valence-corrected chi connectivity index (χ2v) is 4.85. The molecule has 0 radical (unpaired) electrons. The van der Waals surface area contributed by atoms with Gasteiger partial charge in [0.1, 0.15) is 6.10 Å². The standard InChI is InChI=1S/C15H23FN2O3/c1-3-12(21-14-7-5-4-6-13(14)16)10-17-15(20)18-11(2)8-9-19/h4-7,11-12,19H,3,8-10H2,1-2H3,(H2,17,18,20)/t11-,12?/m1/s1. The van der Waals surface area contributed by atoms with Crippen LogP contribution >= 0.6 is 0 Å². The Kier molecular flexibility index (Phi) is 7.53. The predicted molar refractivity (Wildman–Crippen MR) is 78.8 cm³/mol. The predicted octanol–water partition coefficient (Wildman–Crippen LogP) is 2.05. The number of hydrogen-bond donors (Lipinski definition) is 3. The number of aliphatic hydroxyl groups excluding tert-OH is 1. The number of carbonyl (C=O) groups excluding carboxylic acids is 1. The number of ether oxygens (including phenoxy) is 1. The molecule has 1 rings (SSSR count). The van der Waals surface area contributed by atoms with Gasteiger partial charge in [0.05, 0.1) is 6.54 Å². The summed E-state index contributed by atoms with van der Waals surface area (Å²) in [6, 6.07) is 5.74. The highest BCUT2D eigenvalue weighted by Gasteiger charge is 2.13. The average molecular weight is 298 g/mol. The Morgan fingerprint density at radius 3 is 2.76 bits per heavy atom. The van der Waals surface area contributed by atoms with Crippen LogP contribution in [0.5, 0.6) is 5.75 Å². The molecule has 2 amide bonds. The minimum Gasteiger partial charge on any atom is -0.486 e. The van der Waals surface area contributed by atoms with Crippen molar-refractivity contribution in [2.75, 3.05) is 13.2 Å². The Morgan fingerprint density at radius 1 is 1.43 bits per heavy atom. The lowest BCUT2D eigenvalue weighted by Crippen LogP contribution is -2.44. The van der Waals surface area contributed by atoms with Gasteiger partial charge in [-0.2, -0.15) is 0 Å². The van der Waals surface area contributed by atoms with Crippen molar-refractivity contribution in [1.29, 1.82) is 0 Å². The highest BCUT2D eigenvalue weighted by Crippen LogP contribution is 2.17. The monoisotopic (exact) mass is 298 g/mol. The first-order valence-corrected chi connectivity index (χ1v) is 7.13. The lowest BCUT2D eigenvalue weighted by Gasteiger charge is -2.19. The van der Waals surface area contributed by atoms with Gasteiger partial charge in [-0.15, -0.1) is 0 Å². The lowest BCUT2D eigenvalue weighted by molar-refractivity contribution is 0.181. The summed E-state index contributed by atoms with van der Waals surface area (Å²) in [6.45, 7) is 4.01. The molecule has 1 unspecified atom stereocenters. The van der Waals surface area contributed by atoms with Crippen molar-refractivity contribution in [2.45, 2.75) is 38.8 Å². The number of aliphatic hydroxyl groups is 1. The molecule has 2 atom stereocenters. The normalized spacial score (nSPS) is 13.3. The van der Waals surface area contributed by atoms with Crippen molar-refractivity contribution in [3.8, 4) is 5.75 Å². The van der Waals surface area contributed by atoms with Crippen LogP contribution < -0.4 is 15.4 Å². The molecule has 0 aliphatic carbocycles. The van der Waals surface area contributed by atoms with E-state index in [4.69, 9.17) is 9.84 Å². The van der Waals surface area contributed by atoms with Gasteiger partial charge in [0.25, 0.3) is 0 Å². The van der Waals surface area contributed by atoms with Gasteiger partial charge < -0.3 is 20.5 Å². The summed E-state index contributed by atoms with van der Waals surface area (Å²) in [6.07, 6.45) is 0.831. The highest BCUT2D eigenvalue weighted by atomic mass is 19.1. The maximum atomic E-state index is 13.5. The molecule has 0 aliphatic rings. The van der Waals surface area contributed by atoms with Crippen LogP contribution in [-0.2, 0) is 0 Å². The van der Waals surface area contributed by atoms with Crippen molar-refractivity contribution >= 4 is 6.03 Å². The summed E-state index contributed by atoms with van der Waals surface area (Å²) in [5.41, 5.74) is 0. The van der Waals surface area contributed by atoms with Gasteiger partial charge in [-0.1, -0.05) is 19.1 Å². The van der Waals surface area contributed by atoms with Gasteiger partial charge in [0.2, 0.25) is 0 Å². The van der Waals surface area contributed by atoms with Gasteiger partial charge in [0.15, 0.2) is 11.6 Å². The summed E-state index contributed by atoms with van der Waals surface area (Å²) < 4.78 is 19.0. The largest absolute Gasteiger partial charge is 0.486 e. The van der Waals surface area contributed by atoms with Gasteiger partial charge in [0, 0.05) is 12.6 Å². The van der Waals surface area contributed by atoms with Crippen molar-refractivity contribution in [2.24, 2.45) is 0 Å². The van der Waals surface area contributed by atoms with E-state index in [1.54, 1.807) is 18.2 Å². The average Bonchev–Trinajstić information content (AvgIpc) is 2.45. The number of hydrogen-bond acceptors (Lipinski definition) is 3. The SMILES string of the molecule is CCC(CNC(=O)N[C@H](C)CCO)Oc1ccccc1F. The number of para-hydroxylation sites is 1. The number of urea groups is 1. The molecule has 0 fully saturated rings. The maximum absolute atomic E-state index is 13.5. The van der Waals surface area contributed by atoms with E-state index in [1.807, 2.05) is 13.8 Å². The summed E-state index contributed by atoms with van der Waals surface area (Å²) in [5.74, 6) is -0.239. The van der Waals surface area contributed by atoms with Crippen LogP contribution in [-0.4, -0.2) is 36.4 Å². The Labute approximate surface area is 124 Å². The molecular formula is C15H23FN2O3. The third-order valence-electron chi connectivity index (χ3n) is 3.02. The zero-order valence-corrected chi connectivity index (χ0v) is 12.4. The van der Waals surface area contributed by atoms with Crippen LogP contribution in [0.3, 0.4) is 0 Å². The second-order valence-electron chi connectivity index (χ2n) is 4.85. The van der Waals surface area contributed by atoms with Crippen LogP contribution in [0.2, 0.25) is 0 Å². The molecule has 3 N–H and O–H groups in total. The first kappa shape index (κ1) is 17.2. The maximum Gasteiger partial charge on any atom is 0.315 e. The zero-order chi connectivity index (χ0) is 15.7. The Morgan fingerprint density at radius 2 is 2.14 bits per heavy atom. The summed E-state index contributed by atoms with van der Waals surface area (Å²) in [5, 5.41) is 14.1. The van der Waals surface area contributed by atoms with E-state index in [0.717, 1.165) is 0 Å². The number of nitrogens with one attached hydrogen (secondary N) is 2. The molecule has 5 nitrogen and oxygen atoms in total. The molecule has 21 heavy (non-hydrogen) atoms. The van der Waals surface area contributed by atoms with Crippen LogP contribution in [0.1, 0.15) is 26.7 Å². The zero-order valence-electron chi connectivity index (χ0n) is 12.4. The van der Waals surface area contributed by atoms with Crippen LogP contribution in [0, 0.1) is 5.82 Å². The fourth-order valence-corrected chi connectivity index (χ4v) is 1.74. The van der Waals surface area contributed by atoms with Gasteiger partial charge >= 0.3 is 6.03 Å². The molecule has 1 aromatic carbocycles. The van der Waals surface area contributed by atoms with Gasteiger partial charge in [-0.05, 0) is 31.9 Å². The smallest absolute Gasteiger partial charge is 0.315 e. The number of halogens is 1. The van der Waals surface area contributed by atoms with E-state index in [2.05, 4.69) is 10.6 Å². The fourth-order valence-electron chi connectivity index (χ4n) is 1.74. The topological polar surface area (TPSA) is 70.6 Å². The van der Waals surface area contributed by atoms with Crippen molar-refractivity contribution < 1.29 is 19.0 Å². The van der Waals surface area contributed by atoms with Crippen molar-refractivity contribution in [3.63, 3.8) is 0 Å². The molecule has 0 saturated carbocycles. The van der Waals surface area contributed by atoms with Crippen molar-refractivity contribution in [1.82, 2.24) is 10.6 Å². The molecule has 0 saturated heterocycles. The molecular weight excluding hydrogens is 275 g/mol. The molecule has 6 heteroatoms. The summed E-state index contributed by atoms with van der Waals surface area (Å²) in [7, 11) is 0. The quantitative estimate of drug-likeness (QED) is 0.688. The molecule has 1 aromatic rings. The lowest BCUT2D eigenvalue weighted by atomic mass is 10.2. The number of amides is 2. The molecule has 118 valence electrons. The van der Waals surface area contributed by atoms with Crippen LogP contribution in [0.25, 0.3) is 0 Å². The highest BCUT2D eigenvalue weighted by molar-refractivity contribution is 5.74. The minimum atomic E-state index is -0.419. The third-order valence-corrected chi connectivity index (χ3v) is 3.02. The number of benzene rings is 1. The molecule has 0 aliphatic heterocycles. The van der Waals surface area contributed by atoms with E-state index >= 15 is 0 Å². The molecule has 0 aromatic heterocycles. The van der Waals surface area contributed by atoms with Crippen LogP contribution in [0.15, 0.2) is 24.3 Å². The van der Waals surface area contributed by atoms with Crippen LogP contribution in [0.4, 0.5) is 9.18 Å². The molecule has 0 heterocycles. The fraction of sp³-hybridized carbons (Fsp3) is 0.533. The van der Waals surface area contributed by atoms with Crippen molar-refractivity contribution in [3.05, 3.63) is 30.1 Å². The first-order chi connectivity index (χ1) is 10.1. The Balaban J connectivity index is 2.41. The minimum absolute atomic E-state index is 0.0232.